The van der Waals surface area contributed by atoms with Crippen molar-refractivity contribution in [1.29, 1.82) is 0 Å². The molecule has 8 heteroatoms. The lowest BCUT2D eigenvalue weighted by Crippen LogP contribution is -2.30. The SMILES string of the molecule is COc1ccc2c(c1OC)C(=O)N(Cc1c(F)ccc(F)c1F)C2=O. The van der Waals surface area contributed by atoms with Crippen LogP contribution in [0.15, 0.2) is 24.3 Å². The Kier molecular flexibility index (Phi) is 4.12. The van der Waals surface area contributed by atoms with Gasteiger partial charge in [0.05, 0.1) is 31.9 Å². The summed E-state index contributed by atoms with van der Waals surface area (Å²) in [5, 5.41) is 0. The molecule has 0 atom stereocenters. The number of hydrogen-bond acceptors (Lipinski definition) is 4. The summed E-state index contributed by atoms with van der Waals surface area (Å²) >= 11 is 0. The van der Waals surface area contributed by atoms with Crippen molar-refractivity contribution in [3.63, 3.8) is 0 Å². The van der Waals surface area contributed by atoms with Crippen LogP contribution < -0.4 is 9.47 Å². The fourth-order valence-corrected chi connectivity index (χ4v) is 2.71. The molecule has 1 aliphatic rings. The molecule has 2 aromatic rings. The van der Waals surface area contributed by atoms with Crippen molar-refractivity contribution in [3.05, 3.63) is 58.4 Å². The number of benzene rings is 2. The molecule has 1 aliphatic heterocycles. The van der Waals surface area contributed by atoms with E-state index in [9.17, 15) is 22.8 Å². The summed E-state index contributed by atoms with van der Waals surface area (Å²) in [6.07, 6.45) is 0. The summed E-state index contributed by atoms with van der Waals surface area (Å²) in [6.45, 7) is -0.743. The van der Waals surface area contributed by atoms with Gasteiger partial charge in [-0.05, 0) is 24.3 Å². The minimum atomic E-state index is -1.44. The second kappa shape index (κ2) is 6.12. The van der Waals surface area contributed by atoms with Gasteiger partial charge >= 0.3 is 0 Å². The predicted octanol–water partition coefficient (Wildman–Crippen LogP) is 2.92. The van der Waals surface area contributed by atoms with E-state index in [0.29, 0.717) is 11.0 Å². The van der Waals surface area contributed by atoms with Gasteiger partial charge in [0.2, 0.25) is 0 Å². The normalized spacial score (nSPS) is 13.2. The number of amides is 2. The highest BCUT2D eigenvalue weighted by molar-refractivity contribution is 6.22. The van der Waals surface area contributed by atoms with Crippen LogP contribution >= 0.6 is 0 Å². The van der Waals surface area contributed by atoms with Gasteiger partial charge < -0.3 is 9.47 Å². The molecule has 0 unspecified atom stereocenters. The lowest BCUT2D eigenvalue weighted by atomic mass is 10.1. The summed E-state index contributed by atoms with van der Waals surface area (Å²) in [5.41, 5.74) is -0.760. The van der Waals surface area contributed by atoms with Crippen LogP contribution in [-0.2, 0) is 6.54 Å². The molecular weight excluding hydrogens is 339 g/mol. The first-order valence-corrected chi connectivity index (χ1v) is 7.14. The number of fused-ring (bicyclic) bond motifs is 1. The summed E-state index contributed by atoms with van der Waals surface area (Å²) in [7, 11) is 2.66. The van der Waals surface area contributed by atoms with Gasteiger partial charge in [-0.1, -0.05) is 0 Å². The molecule has 0 N–H and O–H groups in total. The largest absolute Gasteiger partial charge is 0.493 e. The number of ether oxygens (including phenoxy) is 2. The van der Waals surface area contributed by atoms with Gasteiger partial charge in [0.25, 0.3) is 11.8 Å². The van der Waals surface area contributed by atoms with E-state index >= 15 is 0 Å². The van der Waals surface area contributed by atoms with Crippen LogP contribution in [0, 0.1) is 17.5 Å². The number of rotatable bonds is 4. The number of carbonyl (C=O) groups is 2. The van der Waals surface area contributed by atoms with E-state index in [1.54, 1.807) is 0 Å². The van der Waals surface area contributed by atoms with Crippen molar-refractivity contribution in [2.24, 2.45) is 0 Å². The minimum absolute atomic E-state index is 0.0138. The second-order valence-electron chi connectivity index (χ2n) is 5.24. The van der Waals surface area contributed by atoms with Crippen LogP contribution in [0.2, 0.25) is 0 Å². The maximum absolute atomic E-state index is 13.9. The molecule has 2 aromatic carbocycles. The Labute approximate surface area is 140 Å². The third-order valence-electron chi connectivity index (χ3n) is 3.94. The van der Waals surface area contributed by atoms with Crippen LogP contribution in [-0.4, -0.2) is 30.9 Å². The van der Waals surface area contributed by atoms with E-state index in [1.165, 1.54) is 26.4 Å². The standard InChI is InChI=1S/C17H12F3NO4/c1-24-12-6-3-8-13(15(12)25-2)17(23)21(16(8)22)7-9-10(18)4-5-11(19)14(9)20/h3-6H,7H2,1-2H3. The summed E-state index contributed by atoms with van der Waals surface area (Å²) in [5.74, 6) is -5.07. The van der Waals surface area contributed by atoms with E-state index in [2.05, 4.69) is 0 Å². The Bertz CT molecular complexity index is 898. The summed E-state index contributed by atoms with van der Waals surface area (Å²) < 4.78 is 51.2. The topological polar surface area (TPSA) is 55.8 Å². The first kappa shape index (κ1) is 16.8. The fraction of sp³-hybridized carbons (Fsp3) is 0.176. The molecule has 3 rings (SSSR count). The molecule has 1 heterocycles. The van der Waals surface area contributed by atoms with Gasteiger partial charge in [-0.15, -0.1) is 0 Å². The molecule has 0 aliphatic carbocycles. The van der Waals surface area contributed by atoms with E-state index in [4.69, 9.17) is 9.47 Å². The maximum atomic E-state index is 13.9. The lowest BCUT2D eigenvalue weighted by molar-refractivity contribution is 0.0638. The van der Waals surface area contributed by atoms with Crippen molar-refractivity contribution in [1.82, 2.24) is 4.90 Å². The Morgan fingerprint density at radius 2 is 1.60 bits per heavy atom. The lowest BCUT2D eigenvalue weighted by Gasteiger charge is -2.15. The van der Waals surface area contributed by atoms with Crippen LogP contribution in [0.5, 0.6) is 11.5 Å². The molecule has 0 radical (unpaired) electrons. The van der Waals surface area contributed by atoms with Crippen molar-refractivity contribution < 1.29 is 32.2 Å². The highest BCUT2D eigenvalue weighted by atomic mass is 19.2. The fourth-order valence-electron chi connectivity index (χ4n) is 2.71. The minimum Gasteiger partial charge on any atom is -0.493 e. The van der Waals surface area contributed by atoms with E-state index in [0.717, 1.165) is 6.07 Å². The molecule has 0 saturated heterocycles. The Balaban J connectivity index is 2.06. The van der Waals surface area contributed by atoms with Crippen LogP contribution in [0.25, 0.3) is 0 Å². The van der Waals surface area contributed by atoms with Crippen molar-refractivity contribution in [2.75, 3.05) is 14.2 Å². The highest BCUT2D eigenvalue weighted by Crippen LogP contribution is 2.38. The van der Waals surface area contributed by atoms with Gasteiger partial charge in [-0.2, -0.15) is 0 Å². The third-order valence-corrected chi connectivity index (χ3v) is 3.94. The van der Waals surface area contributed by atoms with Gasteiger partial charge in [-0.25, -0.2) is 13.2 Å². The van der Waals surface area contributed by atoms with Crippen molar-refractivity contribution >= 4 is 11.8 Å². The number of methoxy groups -OCH3 is 2. The van der Waals surface area contributed by atoms with Gasteiger partial charge in [0.1, 0.15) is 5.82 Å². The predicted molar refractivity (Wildman–Crippen MR) is 80.1 cm³/mol. The zero-order valence-corrected chi connectivity index (χ0v) is 13.2. The second-order valence-corrected chi connectivity index (χ2v) is 5.24. The quantitative estimate of drug-likeness (QED) is 0.628. The Morgan fingerprint density at radius 3 is 2.24 bits per heavy atom. The summed E-state index contributed by atoms with van der Waals surface area (Å²) in [4.78, 5) is 25.7. The molecule has 5 nitrogen and oxygen atoms in total. The van der Waals surface area contributed by atoms with Crippen molar-refractivity contribution in [2.45, 2.75) is 6.54 Å². The average Bonchev–Trinajstić information content (AvgIpc) is 2.85. The number of nitrogens with zero attached hydrogens (tertiary/aromatic N) is 1. The molecule has 0 fully saturated rings. The number of hydrogen-bond donors (Lipinski definition) is 0. The third kappa shape index (κ3) is 2.50. The van der Waals surface area contributed by atoms with E-state index in [1.807, 2.05) is 0 Å². The number of halogens is 3. The highest BCUT2D eigenvalue weighted by Gasteiger charge is 2.40. The zero-order chi connectivity index (χ0) is 18.3. The van der Waals surface area contributed by atoms with Crippen molar-refractivity contribution in [3.8, 4) is 11.5 Å². The zero-order valence-electron chi connectivity index (χ0n) is 13.2. The van der Waals surface area contributed by atoms with Gasteiger partial charge in [0.15, 0.2) is 23.1 Å². The molecule has 25 heavy (non-hydrogen) atoms. The first-order valence-electron chi connectivity index (χ1n) is 7.14. The van der Waals surface area contributed by atoms with Crippen LogP contribution in [0.3, 0.4) is 0 Å². The molecule has 0 spiro atoms. The van der Waals surface area contributed by atoms with E-state index < -0.39 is 41.4 Å². The monoisotopic (exact) mass is 351 g/mol. The molecule has 0 bridgehead atoms. The van der Waals surface area contributed by atoms with Crippen LogP contribution in [0.1, 0.15) is 26.3 Å². The van der Waals surface area contributed by atoms with Gasteiger partial charge in [-0.3, -0.25) is 14.5 Å². The average molecular weight is 351 g/mol. The van der Waals surface area contributed by atoms with E-state index in [-0.39, 0.29) is 22.6 Å². The number of carbonyl (C=O) groups excluding carboxylic acids is 2. The maximum Gasteiger partial charge on any atom is 0.265 e. The van der Waals surface area contributed by atoms with Gasteiger partial charge in [0, 0.05) is 5.56 Å². The Morgan fingerprint density at radius 1 is 0.920 bits per heavy atom. The smallest absolute Gasteiger partial charge is 0.265 e. The molecule has 2 amide bonds. The van der Waals surface area contributed by atoms with Crippen LogP contribution in [0.4, 0.5) is 13.2 Å². The Hall–Kier alpha value is -3.03. The number of imide groups is 1. The molecule has 0 saturated carbocycles. The first-order chi connectivity index (χ1) is 11.9. The molecule has 130 valence electrons. The summed E-state index contributed by atoms with van der Waals surface area (Å²) in [6, 6.07) is 4.16. The molecular formula is C17H12F3NO4. The molecule has 0 aromatic heterocycles.